The minimum atomic E-state index is -0.975. The van der Waals surface area contributed by atoms with E-state index >= 15 is 0 Å². The fourth-order valence-electron chi connectivity index (χ4n) is 3.13. The first-order chi connectivity index (χ1) is 12.6. The third-order valence-electron chi connectivity index (χ3n) is 4.68. The van der Waals surface area contributed by atoms with E-state index in [2.05, 4.69) is 0 Å². The maximum atomic E-state index is 12.4. The number of ether oxygens (including phenoxy) is 1. The molecule has 1 aliphatic rings. The fourth-order valence-corrected chi connectivity index (χ4v) is 3.13. The van der Waals surface area contributed by atoms with Gasteiger partial charge in [-0.05, 0) is 42.5 Å². The summed E-state index contributed by atoms with van der Waals surface area (Å²) in [6.07, 6.45) is 0.777. The predicted molar refractivity (Wildman–Crippen MR) is 98.0 cm³/mol. The molecule has 3 rings (SSSR count). The topological polar surface area (TPSA) is 66.8 Å². The molecule has 0 saturated heterocycles. The molecule has 2 atom stereocenters. The smallest absolute Gasteiger partial charge is 0.323 e. The molecule has 0 heterocycles. The summed E-state index contributed by atoms with van der Waals surface area (Å²) in [5.41, 5.74) is 2.21. The number of hydrogen-bond acceptors (Lipinski definition) is 3. The number of aliphatic carboxylic acids is 1. The lowest BCUT2D eigenvalue weighted by Gasteiger charge is -2.18. The lowest BCUT2D eigenvalue weighted by molar-refractivity contribution is -0.144. The molecule has 0 aliphatic heterocycles. The Labute approximate surface area is 153 Å². The van der Waals surface area contributed by atoms with Crippen LogP contribution in [0.4, 0.5) is 0 Å². The average Bonchev–Trinajstić information content (AvgIpc) is 3.46. The van der Waals surface area contributed by atoms with E-state index in [0.29, 0.717) is 13.2 Å². The normalized spacial score (nSPS) is 18.2. The van der Waals surface area contributed by atoms with Gasteiger partial charge in [-0.2, -0.15) is 0 Å². The number of nitrogens with zero attached hydrogens (tertiary/aromatic N) is 1. The summed E-state index contributed by atoms with van der Waals surface area (Å²) in [7, 11) is 0. The van der Waals surface area contributed by atoms with E-state index in [9.17, 15) is 9.59 Å². The maximum absolute atomic E-state index is 12.4. The van der Waals surface area contributed by atoms with Gasteiger partial charge in [0.2, 0.25) is 5.91 Å². The van der Waals surface area contributed by atoms with Crippen molar-refractivity contribution in [1.29, 1.82) is 0 Å². The molecule has 136 valence electrons. The van der Waals surface area contributed by atoms with Gasteiger partial charge in [-0.15, -0.1) is 0 Å². The highest BCUT2D eigenvalue weighted by Gasteiger charge is 2.45. The zero-order valence-electron chi connectivity index (χ0n) is 14.8. The Hall–Kier alpha value is -2.82. The van der Waals surface area contributed by atoms with Crippen molar-refractivity contribution in [2.75, 3.05) is 13.1 Å². The monoisotopic (exact) mass is 353 g/mol. The lowest BCUT2D eigenvalue weighted by atomic mass is 10.1. The quantitative estimate of drug-likeness (QED) is 0.791. The van der Waals surface area contributed by atoms with E-state index in [4.69, 9.17) is 9.84 Å². The van der Waals surface area contributed by atoms with Crippen molar-refractivity contribution in [2.24, 2.45) is 5.92 Å². The van der Waals surface area contributed by atoms with Crippen LogP contribution in [-0.2, 0) is 16.2 Å². The number of benzene rings is 2. The molecule has 2 aromatic rings. The van der Waals surface area contributed by atoms with Crippen LogP contribution in [0, 0.1) is 5.92 Å². The number of carboxylic acid groups (broad SMARTS) is 1. The molecule has 0 aromatic heterocycles. The van der Waals surface area contributed by atoms with Gasteiger partial charge in [0.1, 0.15) is 18.9 Å². The molecule has 5 heteroatoms. The van der Waals surface area contributed by atoms with Crippen molar-refractivity contribution in [3.8, 4) is 5.75 Å². The van der Waals surface area contributed by atoms with Crippen LogP contribution in [0.15, 0.2) is 54.6 Å². The highest BCUT2D eigenvalue weighted by molar-refractivity contribution is 5.86. The largest absolute Gasteiger partial charge is 0.489 e. The van der Waals surface area contributed by atoms with Crippen LogP contribution in [0.1, 0.15) is 30.4 Å². The second-order valence-corrected chi connectivity index (χ2v) is 6.54. The molecule has 1 saturated carbocycles. The first-order valence-corrected chi connectivity index (χ1v) is 8.85. The molecule has 1 aliphatic carbocycles. The zero-order chi connectivity index (χ0) is 18.5. The van der Waals surface area contributed by atoms with Crippen molar-refractivity contribution in [2.45, 2.75) is 25.9 Å². The van der Waals surface area contributed by atoms with Crippen LogP contribution >= 0.6 is 0 Å². The van der Waals surface area contributed by atoms with E-state index in [1.807, 2.05) is 54.6 Å². The Kier molecular flexibility index (Phi) is 5.56. The molecule has 0 bridgehead atoms. The molecule has 2 aromatic carbocycles. The lowest BCUT2D eigenvalue weighted by Crippen LogP contribution is -2.36. The summed E-state index contributed by atoms with van der Waals surface area (Å²) in [5, 5.41) is 8.90. The molecule has 1 N–H and O–H groups in total. The first-order valence-electron chi connectivity index (χ1n) is 8.85. The van der Waals surface area contributed by atoms with E-state index in [-0.39, 0.29) is 24.3 Å². The molecule has 1 fully saturated rings. The zero-order valence-corrected chi connectivity index (χ0v) is 14.8. The van der Waals surface area contributed by atoms with Gasteiger partial charge in [-0.3, -0.25) is 9.59 Å². The fraction of sp³-hybridized carbons (Fsp3) is 0.333. The van der Waals surface area contributed by atoms with Gasteiger partial charge in [-0.1, -0.05) is 42.5 Å². The number of likely N-dealkylation sites (N-methyl/N-ethyl adjacent to an activating group) is 1. The Morgan fingerprint density at radius 2 is 1.81 bits per heavy atom. The third kappa shape index (κ3) is 4.42. The molecule has 5 nitrogen and oxygen atoms in total. The first kappa shape index (κ1) is 18.0. The van der Waals surface area contributed by atoms with Crippen LogP contribution < -0.4 is 4.74 Å². The van der Waals surface area contributed by atoms with Crippen molar-refractivity contribution in [3.63, 3.8) is 0 Å². The molecule has 2 unspecified atom stereocenters. The molecular formula is C21H23NO4. The molecular weight excluding hydrogens is 330 g/mol. The Bertz CT molecular complexity index is 757. The standard InChI is InChI=1S/C21H23NO4/c1-2-22(13-20(23)24)21(25)19-12-18(19)16-8-10-17(11-9-16)26-14-15-6-4-3-5-7-15/h3-11,18-19H,2,12-14H2,1H3,(H,23,24). The van der Waals surface area contributed by atoms with Gasteiger partial charge in [0, 0.05) is 12.5 Å². The van der Waals surface area contributed by atoms with E-state index in [1.54, 1.807) is 6.92 Å². The summed E-state index contributed by atoms with van der Waals surface area (Å²) in [4.78, 5) is 24.7. The predicted octanol–water partition coefficient (Wildman–Crippen LogP) is 3.30. The van der Waals surface area contributed by atoms with Crippen LogP contribution in [0.3, 0.4) is 0 Å². The van der Waals surface area contributed by atoms with Gasteiger partial charge < -0.3 is 14.7 Å². The summed E-state index contributed by atoms with van der Waals surface area (Å²) >= 11 is 0. The molecule has 26 heavy (non-hydrogen) atoms. The van der Waals surface area contributed by atoms with Crippen molar-refractivity contribution in [1.82, 2.24) is 4.90 Å². The maximum Gasteiger partial charge on any atom is 0.323 e. The summed E-state index contributed by atoms with van der Waals surface area (Å²) in [6.45, 7) is 2.51. The SMILES string of the molecule is CCN(CC(=O)O)C(=O)C1CC1c1ccc(OCc2ccccc2)cc1. The van der Waals surface area contributed by atoms with Gasteiger partial charge in [0.25, 0.3) is 0 Å². The average molecular weight is 353 g/mol. The third-order valence-corrected chi connectivity index (χ3v) is 4.68. The van der Waals surface area contributed by atoms with Crippen molar-refractivity contribution in [3.05, 3.63) is 65.7 Å². The van der Waals surface area contributed by atoms with Gasteiger partial charge in [0.05, 0.1) is 0 Å². The van der Waals surface area contributed by atoms with Gasteiger partial charge in [0.15, 0.2) is 0 Å². The second kappa shape index (κ2) is 8.04. The Morgan fingerprint density at radius 1 is 1.12 bits per heavy atom. The number of hydrogen-bond donors (Lipinski definition) is 1. The van der Waals surface area contributed by atoms with Gasteiger partial charge in [-0.25, -0.2) is 0 Å². The second-order valence-electron chi connectivity index (χ2n) is 6.54. The minimum Gasteiger partial charge on any atom is -0.489 e. The Morgan fingerprint density at radius 3 is 2.42 bits per heavy atom. The van der Waals surface area contributed by atoms with Gasteiger partial charge >= 0.3 is 5.97 Å². The number of amides is 1. The highest BCUT2D eigenvalue weighted by Crippen LogP contribution is 2.48. The Balaban J connectivity index is 1.55. The molecule has 1 amide bonds. The molecule has 0 radical (unpaired) electrons. The number of carbonyl (C=O) groups is 2. The summed E-state index contributed by atoms with van der Waals surface area (Å²) in [5.74, 6) is -0.178. The van der Waals surface area contributed by atoms with E-state index in [0.717, 1.165) is 23.3 Å². The van der Waals surface area contributed by atoms with Crippen LogP contribution in [0.25, 0.3) is 0 Å². The van der Waals surface area contributed by atoms with E-state index in [1.165, 1.54) is 4.90 Å². The number of carboxylic acids is 1. The summed E-state index contributed by atoms with van der Waals surface area (Å²) < 4.78 is 5.78. The van der Waals surface area contributed by atoms with E-state index < -0.39 is 5.97 Å². The van der Waals surface area contributed by atoms with Crippen LogP contribution in [-0.4, -0.2) is 35.0 Å². The number of carbonyl (C=O) groups excluding carboxylic acids is 1. The van der Waals surface area contributed by atoms with Crippen molar-refractivity contribution < 1.29 is 19.4 Å². The number of rotatable bonds is 8. The van der Waals surface area contributed by atoms with Crippen LogP contribution in [0.2, 0.25) is 0 Å². The highest BCUT2D eigenvalue weighted by atomic mass is 16.5. The van der Waals surface area contributed by atoms with Crippen LogP contribution in [0.5, 0.6) is 5.75 Å². The van der Waals surface area contributed by atoms with Crippen molar-refractivity contribution >= 4 is 11.9 Å². The summed E-state index contributed by atoms with van der Waals surface area (Å²) in [6, 6.07) is 17.8. The molecule has 0 spiro atoms. The minimum absolute atomic E-state index is 0.0655.